The smallest absolute Gasteiger partial charge is 0.157 e. The highest BCUT2D eigenvalue weighted by molar-refractivity contribution is 8.14. The van der Waals surface area contributed by atoms with Gasteiger partial charge in [-0.05, 0) is 18.8 Å². The first-order chi connectivity index (χ1) is 8.15. The Morgan fingerprint density at radius 2 is 2.29 bits per heavy atom. The number of nitrogens with zero attached hydrogens (tertiary/aromatic N) is 1. The van der Waals surface area contributed by atoms with Crippen molar-refractivity contribution in [3.8, 4) is 0 Å². The summed E-state index contributed by atoms with van der Waals surface area (Å²) >= 11 is 1.86. The van der Waals surface area contributed by atoms with Gasteiger partial charge in [-0.1, -0.05) is 39.0 Å². The second kappa shape index (κ2) is 7.98. The Kier molecular flexibility index (Phi) is 6.97. The van der Waals surface area contributed by atoms with Crippen LogP contribution in [0.4, 0.5) is 0 Å². The molecule has 0 fully saturated rings. The van der Waals surface area contributed by atoms with Gasteiger partial charge in [0.2, 0.25) is 0 Å². The summed E-state index contributed by atoms with van der Waals surface area (Å²) in [6.07, 6.45) is 3.51. The van der Waals surface area contributed by atoms with Gasteiger partial charge in [0.1, 0.15) is 0 Å². The minimum absolute atomic E-state index is 0.411. The Hall–Kier alpha value is -0.220. The zero-order chi connectivity index (χ0) is 12.7. The first kappa shape index (κ1) is 14.8. The molecule has 3 nitrogen and oxygen atoms in total. The van der Waals surface area contributed by atoms with Gasteiger partial charge >= 0.3 is 0 Å². The third-order valence-electron chi connectivity index (χ3n) is 2.79. The normalized spacial score (nSPS) is 21.7. The highest BCUT2D eigenvalue weighted by Gasteiger charge is 2.20. The van der Waals surface area contributed by atoms with Crippen molar-refractivity contribution in [3.63, 3.8) is 0 Å². The van der Waals surface area contributed by atoms with Crippen LogP contribution in [0.25, 0.3) is 0 Å². The molecule has 0 aromatic heterocycles. The molecule has 100 valence electrons. The van der Waals surface area contributed by atoms with Gasteiger partial charge in [0.25, 0.3) is 0 Å². The molecule has 0 aromatic carbocycles. The number of hydrogen-bond donors (Lipinski definition) is 1. The van der Waals surface area contributed by atoms with Crippen LogP contribution >= 0.6 is 11.8 Å². The van der Waals surface area contributed by atoms with E-state index in [4.69, 9.17) is 9.73 Å². The quantitative estimate of drug-likeness (QED) is 0.762. The van der Waals surface area contributed by atoms with Crippen molar-refractivity contribution < 1.29 is 4.74 Å². The topological polar surface area (TPSA) is 33.6 Å². The monoisotopic (exact) mass is 258 g/mol. The van der Waals surface area contributed by atoms with Crippen LogP contribution in [0.5, 0.6) is 0 Å². The van der Waals surface area contributed by atoms with Gasteiger partial charge in [-0.3, -0.25) is 4.99 Å². The van der Waals surface area contributed by atoms with Crippen molar-refractivity contribution in [2.75, 3.05) is 19.5 Å². The lowest BCUT2D eigenvalue weighted by atomic mass is 10.1. The number of hydrogen-bond acceptors (Lipinski definition) is 4. The van der Waals surface area contributed by atoms with Crippen LogP contribution < -0.4 is 5.32 Å². The van der Waals surface area contributed by atoms with Crippen molar-refractivity contribution in [2.24, 2.45) is 10.9 Å². The Balaban J connectivity index is 2.39. The molecule has 1 aliphatic heterocycles. The zero-order valence-corrected chi connectivity index (χ0v) is 12.3. The van der Waals surface area contributed by atoms with Gasteiger partial charge in [-0.2, -0.15) is 0 Å². The van der Waals surface area contributed by atoms with Crippen molar-refractivity contribution in [2.45, 2.75) is 52.1 Å². The predicted molar refractivity (Wildman–Crippen MR) is 76.8 cm³/mol. The van der Waals surface area contributed by atoms with Crippen LogP contribution in [0, 0.1) is 5.92 Å². The molecular formula is C13H26N2OS. The summed E-state index contributed by atoms with van der Waals surface area (Å²) in [5, 5.41) is 4.63. The van der Waals surface area contributed by atoms with Crippen LogP contribution in [-0.2, 0) is 4.74 Å². The minimum atomic E-state index is 0.411. The third kappa shape index (κ3) is 5.77. The molecule has 0 aromatic rings. The molecule has 1 N–H and O–H groups in total. The first-order valence-corrected chi connectivity index (χ1v) is 7.60. The van der Waals surface area contributed by atoms with E-state index in [0.29, 0.717) is 12.1 Å². The molecule has 0 bridgehead atoms. The standard InChI is InChI=1S/C13H26N2OS/c1-5-6-11(8-16-4)14-13-15-12(9-17-13)7-10(2)3/h10-12H,5-9H2,1-4H3,(H,14,15). The largest absolute Gasteiger partial charge is 0.383 e. The molecule has 0 aliphatic carbocycles. The van der Waals surface area contributed by atoms with E-state index in [2.05, 4.69) is 26.1 Å². The molecule has 1 aliphatic rings. The maximum absolute atomic E-state index is 5.23. The summed E-state index contributed by atoms with van der Waals surface area (Å²) in [6, 6.07) is 0.918. The van der Waals surface area contributed by atoms with Crippen LogP contribution in [0.15, 0.2) is 4.99 Å². The summed E-state index contributed by atoms with van der Waals surface area (Å²) in [7, 11) is 1.76. The maximum Gasteiger partial charge on any atom is 0.157 e. The number of nitrogens with one attached hydrogen (secondary N) is 1. The second-order valence-corrected chi connectivity index (χ2v) is 6.12. The molecular weight excluding hydrogens is 232 g/mol. The molecule has 0 radical (unpaired) electrons. The number of thioether (sulfide) groups is 1. The SMILES string of the molecule is CCCC(COC)NC1=NC(CC(C)C)CS1. The molecule has 1 rings (SSSR count). The summed E-state index contributed by atoms with van der Waals surface area (Å²) < 4.78 is 5.23. The van der Waals surface area contributed by atoms with Crippen LogP contribution in [-0.4, -0.2) is 36.7 Å². The third-order valence-corrected chi connectivity index (χ3v) is 3.84. The fourth-order valence-corrected chi connectivity index (χ4v) is 3.12. The van der Waals surface area contributed by atoms with Gasteiger partial charge in [0.15, 0.2) is 5.17 Å². The minimum Gasteiger partial charge on any atom is -0.383 e. The van der Waals surface area contributed by atoms with Gasteiger partial charge in [-0.25, -0.2) is 0 Å². The maximum atomic E-state index is 5.23. The Labute approximate surface area is 110 Å². The molecule has 0 spiro atoms. The van der Waals surface area contributed by atoms with E-state index in [1.54, 1.807) is 7.11 Å². The lowest BCUT2D eigenvalue weighted by Gasteiger charge is -2.17. The van der Waals surface area contributed by atoms with Gasteiger partial charge < -0.3 is 10.1 Å². The van der Waals surface area contributed by atoms with E-state index in [0.717, 1.165) is 29.9 Å². The molecule has 0 saturated carbocycles. The summed E-state index contributed by atoms with van der Waals surface area (Å²) in [5.74, 6) is 1.86. The van der Waals surface area contributed by atoms with Crippen LogP contribution in [0.3, 0.4) is 0 Å². The Bertz CT molecular complexity index is 238. The molecule has 2 atom stereocenters. The average molecular weight is 258 g/mol. The molecule has 4 heteroatoms. The zero-order valence-electron chi connectivity index (χ0n) is 11.5. The summed E-state index contributed by atoms with van der Waals surface area (Å²) in [5.41, 5.74) is 0. The summed E-state index contributed by atoms with van der Waals surface area (Å²) in [4.78, 5) is 4.75. The van der Waals surface area contributed by atoms with E-state index in [1.165, 1.54) is 12.8 Å². The molecule has 17 heavy (non-hydrogen) atoms. The average Bonchev–Trinajstić information content (AvgIpc) is 2.65. The Morgan fingerprint density at radius 3 is 2.88 bits per heavy atom. The van der Waals surface area contributed by atoms with Gasteiger partial charge in [0, 0.05) is 12.9 Å². The Morgan fingerprint density at radius 1 is 1.53 bits per heavy atom. The second-order valence-electron chi connectivity index (χ2n) is 5.11. The van der Waals surface area contributed by atoms with Crippen LogP contribution in [0.2, 0.25) is 0 Å². The highest BCUT2D eigenvalue weighted by atomic mass is 32.2. The van der Waals surface area contributed by atoms with E-state index in [9.17, 15) is 0 Å². The van der Waals surface area contributed by atoms with Crippen molar-refractivity contribution in [1.82, 2.24) is 5.32 Å². The molecule has 0 amide bonds. The number of methoxy groups -OCH3 is 1. The van der Waals surface area contributed by atoms with Gasteiger partial charge in [0.05, 0.1) is 18.7 Å². The van der Waals surface area contributed by atoms with Gasteiger partial charge in [-0.15, -0.1) is 0 Å². The van der Waals surface area contributed by atoms with Crippen molar-refractivity contribution in [3.05, 3.63) is 0 Å². The van der Waals surface area contributed by atoms with E-state index in [1.807, 2.05) is 11.8 Å². The first-order valence-electron chi connectivity index (χ1n) is 6.61. The lowest BCUT2D eigenvalue weighted by Crippen LogP contribution is -2.35. The van der Waals surface area contributed by atoms with E-state index in [-0.39, 0.29) is 0 Å². The fraction of sp³-hybridized carbons (Fsp3) is 0.923. The molecule has 2 unspecified atom stereocenters. The number of amidine groups is 1. The number of ether oxygens (including phenoxy) is 1. The lowest BCUT2D eigenvalue weighted by molar-refractivity contribution is 0.170. The van der Waals surface area contributed by atoms with Crippen LogP contribution in [0.1, 0.15) is 40.0 Å². The summed E-state index contributed by atoms with van der Waals surface area (Å²) in [6.45, 7) is 7.49. The fourth-order valence-electron chi connectivity index (χ4n) is 2.08. The molecule has 0 saturated heterocycles. The number of aliphatic imine (C=N–C) groups is 1. The van der Waals surface area contributed by atoms with Crippen molar-refractivity contribution in [1.29, 1.82) is 0 Å². The van der Waals surface area contributed by atoms with Crippen molar-refractivity contribution >= 4 is 16.9 Å². The van der Waals surface area contributed by atoms with E-state index >= 15 is 0 Å². The highest BCUT2D eigenvalue weighted by Crippen LogP contribution is 2.22. The number of rotatable bonds is 7. The predicted octanol–water partition coefficient (Wildman–Crippen LogP) is 2.91. The molecule has 1 heterocycles. The van der Waals surface area contributed by atoms with E-state index < -0.39 is 0 Å².